The van der Waals surface area contributed by atoms with Crippen molar-refractivity contribution in [2.75, 3.05) is 19.6 Å². The van der Waals surface area contributed by atoms with Gasteiger partial charge in [-0.25, -0.2) is 0 Å². The predicted molar refractivity (Wildman–Crippen MR) is 68.3 cm³/mol. The first-order valence-electron chi connectivity index (χ1n) is 4.94. The summed E-state index contributed by atoms with van der Waals surface area (Å²) in [5, 5.41) is 6.99. The summed E-state index contributed by atoms with van der Waals surface area (Å²) < 4.78 is -0.197. The van der Waals surface area contributed by atoms with Crippen molar-refractivity contribution in [3.63, 3.8) is 0 Å². The van der Waals surface area contributed by atoms with Crippen molar-refractivity contribution in [3.05, 3.63) is 0 Å². The Kier molecular flexibility index (Phi) is 8.28. The number of carbonyl (C=O) groups is 4. The van der Waals surface area contributed by atoms with E-state index in [4.69, 9.17) is 0 Å². The quantitative estimate of drug-likeness (QED) is 0.390. The van der Waals surface area contributed by atoms with Crippen LogP contribution in [0.1, 0.15) is 13.3 Å². The highest BCUT2D eigenvalue weighted by molar-refractivity contribution is 14.1. The molecule has 0 rings (SSSR count). The monoisotopic (exact) mass is 355 g/mol. The van der Waals surface area contributed by atoms with Crippen molar-refractivity contribution in [3.8, 4) is 0 Å². The van der Waals surface area contributed by atoms with Crippen LogP contribution in [0.25, 0.3) is 0 Å². The molecule has 0 aliphatic heterocycles. The van der Waals surface area contributed by atoms with Crippen molar-refractivity contribution in [2.45, 2.75) is 13.3 Å². The van der Waals surface area contributed by atoms with E-state index in [-0.39, 0.29) is 29.3 Å². The molecule has 0 unspecified atom stereocenters. The lowest BCUT2D eigenvalue weighted by atomic mass is 10.4. The van der Waals surface area contributed by atoms with E-state index in [2.05, 4.69) is 16.0 Å². The highest BCUT2D eigenvalue weighted by atomic mass is 127. The molecule has 0 aliphatic rings. The van der Waals surface area contributed by atoms with Gasteiger partial charge in [0.25, 0.3) is 0 Å². The van der Waals surface area contributed by atoms with Crippen LogP contribution in [0.5, 0.6) is 0 Å². The van der Waals surface area contributed by atoms with E-state index >= 15 is 0 Å². The van der Waals surface area contributed by atoms with Crippen molar-refractivity contribution >= 4 is 44.1 Å². The molecule has 3 amide bonds. The maximum absolute atomic E-state index is 11.1. The zero-order valence-corrected chi connectivity index (χ0v) is 11.5. The molecule has 0 aromatic rings. The number of carbonyl (C=O) groups excluding carboxylic acids is 4. The minimum Gasteiger partial charge on any atom is -0.347 e. The zero-order valence-electron chi connectivity index (χ0n) is 9.34. The molecule has 17 heavy (non-hydrogen) atoms. The number of nitrogens with one attached hydrogen (secondary N) is 3. The molecule has 7 nitrogen and oxygen atoms in total. The van der Waals surface area contributed by atoms with E-state index in [0.717, 1.165) is 0 Å². The number of amides is 3. The first-order valence-corrected chi connectivity index (χ1v) is 6.02. The van der Waals surface area contributed by atoms with E-state index in [9.17, 15) is 19.2 Å². The largest absolute Gasteiger partial charge is 0.347 e. The van der Waals surface area contributed by atoms with Crippen molar-refractivity contribution < 1.29 is 19.2 Å². The summed E-state index contributed by atoms with van der Waals surface area (Å²) in [7, 11) is 0. The highest BCUT2D eigenvalue weighted by Crippen LogP contribution is 1.81. The smallest absolute Gasteiger partial charge is 0.239 e. The van der Waals surface area contributed by atoms with Gasteiger partial charge in [0.15, 0.2) is 0 Å². The third-order valence-electron chi connectivity index (χ3n) is 1.64. The molecule has 0 aliphatic carbocycles. The van der Waals surface area contributed by atoms with E-state index in [0.29, 0.717) is 6.42 Å². The molecule has 0 fully saturated rings. The molecule has 0 atom stereocenters. The third kappa shape index (κ3) is 9.72. The topological polar surface area (TPSA) is 104 Å². The number of hydrogen-bond acceptors (Lipinski definition) is 4. The van der Waals surface area contributed by atoms with Crippen LogP contribution in [0.15, 0.2) is 0 Å². The fraction of sp³-hybridized carbons (Fsp3) is 0.556. The van der Waals surface area contributed by atoms with Crippen LogP contribution in [0.2, 0.25) is 0 Å². The lowest BCUT2D eigenvalue weighted by Crippen LogP contribution is -2.42. The van der Waals surface area contributed by atoms with E-state index < -0.39 is 11.8 Å². The van der Waals surface area contributed by atoms with Gasteiger partial charge in [0.2, 0.25) is 21.5 Å². The van der Waals surface area contributed by atoms with Gasteiger partial charge in [0, 0.05) is 29.0 Å². The second kappa shape index (κ2) is 8.90. The first kappa shape index (κ1) is 15.8. The Hall–Kier alpha value is -1.19. The molecule has 0 bridgehead atoms. The fourth-order valence-corrected chi connectivity index (χ4v) is 0.967. The highest BCUT2D eigenvalue weighted by Gasteiger charge is 2.07. The zero-order chi connectivity index (χ0) is 13.3. The van der Waals surface area contributed by atoms with Gasteiger partial charge in [0.05, 0.1) is 19.6 Å². The van der Waals surface area contributed by atoms with Crippen molar-refractivity contribution in [1.82, 2.24) is 16.0 Å². The van der Waals surface area contributed by atoms with Crippen LogP contribution in [-0.2, 0) is 19.2 Å². The maximum Gasteiger partial charge on any atom is 0.239 e. The summed E-state index contributed by atoms with van der Waals surface area (Å²) in [6.07, 6.45) is 0.297. The molecule has 0 spiro atoms. The maximum atomic E-state index is 11.1. The van der Waals surface area contributed by atoms with Gasteiger partial charge in [-0.2, -0.15) is 0 Å². The average Bonchev–Trinajstić information content (AvgIpc) is 2.30. The lowest BCUT2D eigenvalue weighted by molar-refractivity contribution is -0.127. The van der Waals surface area contributed by atoms with Crippen LogP contribution in [-0.4, -0.2) is 41.1 Å². The van der Waals surface area contributed by atoms with Crippen LogP contribution in [0.3, 0.4) is 0 Å². The Morgan fingerprint density at radius 1 is 0.824 bits per heavy atom. The average molecular weight is 355 g/mol. The lowest BCUT2D eigenvalue weighted by Gasteiger charge is -2.06. The molecule has 0 saturated carbocycles. The second-order valence-corrected chi connectivity index (χ2v) is 4.24. The van der Waals surface area contributed by atoms with E-state index in [1.807, 2.05) is 0 Å². The molecule has 0 aromatic heterocycles. The third-order valence-corrected chi connectivity index (χ3v) is 2.02. The first-order chi connectivity index (χ1) is 7.95. The molecule has 0 aromatic carbocycles. The van der Waals surface area contributed by atoms with Crippen molar-refractivity contribution in [2.24, 2.45) is 0 Å². The molecule has 0 radical (unpaired) electrons. The van der Waals surface area contributed by atoms with Crippen LogP contribution in [0.4, 0.5) is 0 Å². The summed E-state index contributed by atoms with van der Waals surface area (Å²) in [5.74, 6) is -1.15. The van der Waals surface area contributed by atoms with Crippen LogP contribution in [0, 0.1) is 0 Å². The molecular weight excluding hydrogens is 341 g/mol. The number of rotatable bonds is 7. The molecule has 0 heterocycles. The molecular formula is C9H14IN3O4. The molecule has 8 heteroatoms. The van der Waals surface area contributed by atoms with Gasteiger partial charge >= 0.3 is 0 Å². The normalized spacial score (nSPS) is 9.29. The van der Waals surface area contributed by atoms with Gasteiger partial charge in [-0.1, -0.05) is 6.92 Å². The van der Waals surface area contributed by atoms with Gasteiger partial charge in [-0.05, 0) is 0 Å². The summed E-state index contributed by atoms with van der Waals surface area (Å²) in [6.45, 7) is 1.22. The van der Waals surface area contributed by atoms with E-state index in [1.54, 1.807) is 29.5 Å². The Balaban J connectivity index is 3.66. The molecule has 96 valence electrons. The Morgan fingerprint density at radius 2 is 1.24 bits per heavy atom. The Labute approximate surface area is 112 Å². The number of hydrogen-bond donors (Lipinski definition) is 3. The SMILES string of the molecule is CCC(=O)NCC(=O)NCC(=O)NCC(=O)I. The van der Waals surface area contributed by atoms with Gasteiger partial charge in [-0.15, -0.1) is 0 Å². The van der Waals surface area contributed by atoms with Crippen LogP contribution >= 0.6 is 22.6 Å². The summed E-state index contributed by atoms with van der Waals surface area (Å²) >= 11 is 1.55. The van der Waals surface area contributed by atoms with Gasteiger partial charge in [0.1, 0.15) is 0 Å². The minimum absolute atomic E-state index is 0.0676. The van der Waals surface area contributed by atoms with Gasteiger partial charge in [-0.3, -0.25) is 19.2 Å². The summed E-state index contributed by atoms with van der Waals surface area (Å²) in [5.41, 5.74) is 0. The standard InChI is InChI=1S/C9H14IN3O4/c1-2-7(15)12-4-9(17)13-5-8(16)11-3-6(10)14/h2-5H2,1H3,(H,11,16)(H,12,15)(H,13,17). The minimum atomic E-state index is -0.456. The Morgan fingerprint density at radius 3 is 1.65 bits per heavy atom. The summed E-state index contributed by atoms with van der Waals surface area (Å²) in [4.78, 5) is 43.6. The molecule has 0 saturated heterocycles. The molecule has 3 N–H and O–H groups in total. The predicted octanol–water partition coefficient (Wildman–Crippen LogP) is -1.29. The van der Waals surface area contributed by atoms with E-state index in [1.165, 1.54) is 0 Å². The number of halogens is 1. The Bertz CT molecular complexity index is 319. The second-order valence-electron chi connectivity index (χ2n) is 3.04. The van der Waals surface area contributed by atoms with Crippen molar-refractivity contribution in [1.29, 1.82) is 0 Å². The van der Waals surface area contributed by atoms with Crippen LogP contribution < -0.4 is 16.0 Å². The summed E-state index contributed by atoms with van der Waals surface area (Å²) in [6, 6.07) is 0. The van der Waals surface area contributed by atoms with Gasteiger partial charge < -0.3 is 16.0 Å². The fourth-order valence-electron chi connectivity index (χ4n) is 0.776.